The molecule has 38 heavy (non-hydrogen) atoms. The predicted molar refractivity (Wildman–Crippen MR) is 135 cm³/mol. The number of aromatic nitrogens is 3. The van der Waals surface area contributed by atoms with E-state index in [-0.39, 0.29) is 30.4 Å². The zero-order valence-corrected chi connectivity index (χ0v) is 20.4. The summed E-state index contributed by atoms with van der Waals surface area (Å²) in [5.41, 5.74) is 1.65. The van der Waals surface area contributed by atoms with Crippen LogP contribution in [-0.4, -0.2) is 81.8 Å². The van der Waals surface area contributed by atoms with E-state index >= 15 is 0 Å². The maximum atomic E-state index is 13.2. The highest BCUT2D eigenvalue weighted by atomic mass is 19.4. The number of hydrogen-bond donors (Lipinski definition) is 3. The van der Waals surface area contributed by atoms with Crippen LogP contribution in [0.4, 0.5) is 30.5 Å². The van der Waals surface area contributed by atoms with Gasteiger partial charge in [0.15, 0.2) is 5.75 Å². The SMILES string of the molecule is CN1CCN(c2ccc(OC(F)(F)F)c(Nc3ncc4ccc5c(C(=O)O)cn(CCO)c5c4n3)c2)CC1. The number of anilines is 3. The monoisotopic (exact) mass is 530 g/mol. The van der Waals surface area contributed by atoms with Crippen molar-refractivity contribution in [3.8, 4) is 5.75 Å². The Morgan fingerprint density at radius 1 is 1.16 bits per heavy atom. The third-order valence-electron chi connectivity index (χ3n) is 6.46. The Labute approximate surface area is 214 Å². The first kappa shape index (κ1) is 25.5. The third-order valence-corrected chi connectivity index (χ3v) is 6.46. The first-order valence-corrected chi connectivity index (χ1v) is 11.9. The molecule has 0 amide bonds. The summed E-state index contributed by atoms with van der Waals surface area (Å²) in [5, 5.41) is 23.0. The Morgan fingerprint density at radius 2 is 1.92 bits per heavy atom. The molecular formula is C25H25F3N6O4. The lowest BCUT2D eigenvalue weighted by Gasteiger charge is -2.34. The zero-order valence-electron chi connectivity index (χ0n) is 20.4. The Kier molecular flexibility index (Phi) is 6.71. The number of carbonyl (C=O) groups is 1. The molecule has 0 atom stereocenters. The molecule has 0 saturated carbocycles. The van der Waals surface area contributed by atoms with Crippen LogP contribution in [0.25, 0.3) is 21.8 Å². The third kappa shape index (κ3) is 5.15. The van der Waals surface area contributed by atoms with Gasteiger partial charge in [-0.15, -0.1) is 13.2 Å². The van der Waals surface area contributed by atoms with Crippen molar-refractivity contribution in [1.29, 1.82) is 0 Å². The number of hydrogen-bond acceptors (Lipinski definition) is 8. The van der Waals surface area contributed by atoms with Crippen LogP contribution in [0.2, 0.25) is 0 Å². The number of halogens is 3. The fourth-order valence-electron chi connectivity index (χ4n) is 4.61. The number of alkyl halides is 3. The van der Waals surface area contributed by atoms with Crippen LogP contribution in [0.5, 0.6) is 5.75 Å². The summed E-state index contributed by atoms with van der Waals surface area (Å²) >= 11 is 0. The average Bonchev–Trinajstić information content (AvgIpc) is 3.24. The van der Waals surface area contributed by atoms with Gasteiger partial charge in [0, 0.05) is 61.6 Å². The average molecular weight is 531 g/mol. The lowest BCUT2D eigenvalue weighted by molar-refractivity contribution is -0.274. The number of benzene rings is 2. The molecule has 1 saturated heterocycles. The molecule has 200 valence electrons. The molecule has 4 aromatic rings. The predicted octanol–water partition coefficient (Wildman–Crippen LogP) is 3.67. The molecule has 3 N–H and O–H groups in total. The van der Waals surface area contributed by atoms with E-state index in [1.165, 1.54) is 18.5 Å². The number of rotatable bonds is 7. The standard InChI is InChI=1S/C25H25F3N6O4/c1-32-6-8-33(9-7-32)16-3-5-20(38-25(26,27)28)19(12-16)30-24-29-13-15-2-4-17-18(23(36)37)14-34(10-11-35)22(17)21(15)31-24/h2-5,12-14,35H,6-11H2,1H3,(H,36,37)(H,29,30,31). The lowest BCUT2D eigenvalue weighted by atomic mass is 10.1. The number of likely N-dealkylation sites (N-methyl/N-ethyl adjacent to an activating group) is 1. The van der Waals surface area contributed by atoms with Crippen molar-refractivity contribution < 1.29 is 32.9 Å². The Morgan fingerprint density at radius 3 is 2.61 bits per heavy atom. The summed E-state index contributed by atoms with van der Waals surface area (Å²) in [4.78, 5) is 24.8. The van der Waals surface area contributed by atoms with Crippen molar-refractivity contribution >= 4 is 45.1 Å². The summed E-state index contributed by atoms with van der Waals surface area (Å²) in [7, 11) is 2.01. The van der Waals surface area contributed by atoms with Crippen molar-refractivity contribution in [3.05, 3.63) is 48.3 Å². The van der Waals surface area contributed by atoms with Gasteiger partial charge in [0.05, 0.1) is 23.4 Å². The van der Waals surface area contributed by atoms with Crippen molar-refractivity contribution in [2.24, 2.45) is 0 Å². The van der Waals surface area contributed by atoms with Crippen LogP contribution in [-0.2, 0) is 6.54 Å². The second-order valence-electron chi connectivity index (χ2n) is 9.00. The Balaban J connectivity index is 1.58. The summed E-state index contributed by atoms with van der Waals surface area (Å²) in [6.45, 7) is 2.97. The largest absolute Gasteiger partial charge is 0.573 e. The summed E-state index contributed by atoms with van der Waals surface area (Å²) in [6.07, 6.45) is -1.98. The van der Waals surface area contributed by atoms with Crippen LogP contribution in [0.1, 0.15) is 10.4 Å². The minimum absolute atomic E-state index is 0.00109. The summed E-state index contributed by atoms with van der Waals surface area (Å²) < 4.78 is 45.3. The first-order chi connectivity index (χ1) is 18.1. The van der Waals surface area contributed by atoms with Crippen molar-refractivity contribution in [3.63, 3.8) is 0 Å². The number of piperazine rings is 1. The summed E-state index contributed by atoms with van der Waals surface area (Å²) in [6, 6.07) is 7.72. The van der Waals surface area contributed by atoms with E-state index in [9.17, 15) is 28.2 Å². The molecule has 0 radical (unpaired) electrons. The van der Waals surface area contributed by atoms with Gasteiger partial charge in [-0.1, -0.05) is 12.1 Å². The Hall–Kier alpha value is -4.10. The number of aromatic carboxylic acids is 1. The molecule has 2 aromatic heterocycles. The highest BCUT2D eigenvalue weighted by molar-refractivity contribution is 6.12. The number of carboxylic acid groups (broad SMARTS) is 1. The van der Waals surface area contributed by atoms with Crippen LogP contribution < -0.4 is 15.0 Å². The van der Waals surface area contributed by atoms with Gasteiger partial charge in [-0.05, 0) is 25.2 Å². The molecule has 10 nitrogen and oxygen atoms in total. The first-order valence-electron chi connectivity index (χ1n) is 11.9. The van der Waals surface area contributed by atoms with Gasteiger partial charge in [0.1, 0.15) is 5.52 Å². The van der Waals surface area contributed by atoms with Crippen molar-refractivity contribution in [1.82, 2.24) is 19.4 Å². The van der Waals surface area contributed by atoms with E-state index in [2.05, 4.69) is 29.8 Å². The lowest BCUT2D eigenvalue weighted by Crippen LogP contribution is -2.44. The molecule has 1 fully saturated rings. The van der Waals surface area contributed by atoms with Gasteiger partial charge in [0.2, 0.25) is 5.95 Å². The molecule has 2 aromatic carbocycles. The molecule has 5 rings (SSSR count). The zero-order chi connectivity index (χ0) is 27.0. The van der Waals surface area contributed by atoms with Gasteiger partial charge in [-0.25, -0.2) is 14.8 Å². The number of ether oxygens (including phenoxy) is 1. The smallest absolute Gasteiger partial charge is 0.478 e. The highest BCUT2D eigenvalue weighted by Crippen LogP contribution is 2.36. The number of nitrogens with zero attached hydrogens (tertiary/aromatic N) is 5. The minimum atomic E-state index is -4.90. The number of carboxylic acids is 1. The van der Waals surface area contributed by atoms with Gasteiger partial charge in [0.25, 0.3) is 0 Å². The second-order valence-corrected chi connectivity index (χ2v) is 9.00. The molecule has 0 spiro atoms. The maximum Gasteiger partial charge on any atom is 0.573 e. The number of fused-ring (bicyclic) bond motifs is 3. The normalized spacial score (nSPS) is 14.8. The quantitative estimate of drug-likeness (QED) is 0.329. The molecule has 0 aliphatic carbocycles. The molecular weight excluding hydrogens is 505 g/mol. The highest BCUT2D eigenvalue weighted by Gasteiger charge is 2.32. The van der Waals surface area contributed by atoms with E-state index in [0.29, 0.717) is 34.9 Å². The summed E-state index contributed by atoms with van der Waals surface area (Å²) in [5.74, 6) is -1.57. The van der Waals surface area contributed by atoms with Gasteiger partial charge in [-0.2, -0.15) is 0 Å². The van der Waals surface area contributed by atoms with Gasteiger partial charge >= 0.3 is 12.3 Å². The molecule has 13 heteroatoms. The van der Waals surface area contributed by atoms with Gasteiger partial charge in [-0.3, -0.25) is 0 Å². The number of aliphatic hydroxyl groups is 1. The topological polar surface area (TPSA) is 116 Å². The molecule has 3 heterocycles. The molecule has 0 unspecified atom stereocenters. The van der Waals surface area contributed by atoms with Crippen molar-refractivity contribution in [2.75, 3.05) is 50.1 Å². The van der Waals surface area contributed by atoms with Gasteiger partial charge < -0.3 is 34.6 Å². The second kappa shape index (κ2) is 9.99. The van der Waals surface area contributed by atoms with Crippen LogP contribution in [0, 0.1) is 0 Å². The number of nitrogens with one attached hydrogen (secondary N) is 1. The van der Waals surface area contributed by atoms with E-state index in [0.717, 1.165) is 18.8 Å². The molecule has 0 bridgehead atoms. The van der Waals surface area contributed by atoms with E-state index in [4.69, 9.17) is 0 Å². The van der Waals surface area contributed by atoms with Crippen LogP contribution >= 0.6 is 0 Å². The molecule has 1 aliphatic rings. The maximum absolute atomic E-state index is 13.2. The van der Waals surface area contributed by atoms with E-state index in [1.54, 1.807) is 28.8 Å². The van der Waals surface area contributed by atoms with E-state index in [1.807, 2.05) is 7.05 Å². The molecule has 1 aliphatic heterocycles. The van der Waals surface area contributed by atoms with Crippen molar-refractivity contribution in [2.45, 2.75) is 12.9 Å². The fraction of sp³-hybridized carbons (Fsp3) is 0.320. The van der Waals surface area contributed by atoms with Crippen LogP contribution in [0.15, 0.2) is 42.7 Å². The minimum Gasteiger partial charge on any atom is -0.478 e. The van der Waals surface area contributed by atoms with Crippen LogP contribution in [0.3, 0.4) is 0 Å². The Bertz CT molecular complexity index is 1500. The fourth-order valence-corrected chi connectivity index (χ4v) is 4.61. The van der Waals surface area contributed by atoms with E-state index < -0.39 is 18.1 Å². The number of aliphatic hydroxyl groups excluding tert-OH is 1.